The largest absolute Gasteiger partial charge is 0.488 e. The summed E-state index contributed by atoms with van der Waals surface area (Å²) in [5.41, 5.74) is -0.818. The summed E-state index contributed by atoms with van der Waals surface area (Å²) in [6.45, 7) is 12.8. The minimum atomic E-state index is -0.975. The molecule has 0 atom stereocenters. The molecule has 0 saturated heterocycles. The lowest BCUT2D eigenvalue weighted by atomic mass is 9.90. The quantitative estimate of drug-likeness (QED) is 0.882. The first kappa shape index (κ1) is 16.0. The van der Waals surface area contributed by atoms with Crippen molar-refractivity contribution in [2.45, 2.75) is 65.3 Å². The highest BCUT2D eigenvalue weighted by Gasteiger charge is 2.24. The molecule has 0 spiro atoms. The summed E-state index contributed by atoms with van der Waals surface area (Å²) < 4.78 is 5.85. The molecule has 1 aromatic rings. The molecule has 0 saturated carbocycles. The maximum absolute atomic E-state index is 10.2. The van der Waals surface area contributed by atoms with Crippen LogP contribution in [0.4, 0.5) is 0 Å². The Morgan fingerprint density at radius 1 is 0.737 bits per heavy atom. The van der Waals surface area contributed by atoms with Crippen molar-refractivity contribution in [2.75, 3.05) is 0 Å². The molecule has 1 rings (SSSR count). The zero-order valence-electron chi connectivity index (χ0n) is 13.0. The molecular formula is C16H26O3. The maximum atomic E-state index is 10.2. The van der Waals surface area contributed by atoms with Gasteiger partial charge in [-0.1, -0.05) is 0 Å². The summed E-state index contributed by atoms with van der Waals surface area (Å²) in [7, 11) is 0. The molecule has 0 aliphatic carbocycles. The smallest absolute Gasteiger partial charge is 0.120 e. The molecule has 0 fully saturated rings. The van der Waals surface area contributed by atoms with E-state index in [1.165, 1.54) is 0 Å². The van der Waals surface area contributed by atoms with E-state index in [9.17, 15) is 10.2 Å². The van der Waals surface area contributed by atoms with Gasteiger partial charge in [-0.25, -0.2) is 0 Å². The Bertz CT molecular complexity index is 410. The van der Waals surface area contributed by atoms with Crippen LogP contribution in [0.15, 0.2) is 18.2 Å². The minimum Gasteiger partial charge on any atom is -0.488 e. The molecule has 0 aromatic heterocycles. The summed E-state index contributed by atoms with van der Waals surface area (Å²) in [4.78, 5) is 0. The van der Waals surface area contributed by atoms with Crippen LogP contribution in [0.2, 0.25) is 0 Å². The van der Waals surface area contributed by atoms with Crippen molar-refractivity contribution in [3.05, 3.63) is 29.3 Å². The second-order valence-corrected chi connectivity index (χ2v) is 7.08. The van der Waals surface area contributed by atoms with Gasteiger partial charge in [0.1, 0.15) is 11.4 Å². The Morgan fingerprint density at radius 2 is 1.11 bits per heavy atom. The number of aliphatic hydroxyl groups is 2. The average Bonchev–Trinajstić information content (AvgIpc) is 2.11. The molecule has 0 heterocycles. The standard InChI is InChI=1S/C16H26O3/c1-14(2,3)19-13-9-11(15(4,5)17)8-12(10-13)16(6,7)18/h8-10,17-18H,1-7H3. The third-order valence-electron chi connectivity index (χ3n) is 2.74. The maximum Gasteiger partial charge on any atom is 0.120 e. The fourth-order valence-corrected chi connectivity index (χ4v) is 1.72. The topological polar surface area (TPSA) is 49.7 Å². The molecule has 1 aromatic carbocycles. The van der Waals surface area contributed by atoms with Crippen LogP contribution in [0.1, 0.15) is 59.6 Å². The van der Waals surface area contributed by atoms with Crippen LogP contribution in [0.3, 0.4) is 0 Å². The predicted molar refractivity (Wildman–Crippen MR) is 77.3 cm³/mol. The Kier molecular flexibility index (Phi) is 4.04. The second kappa shape index (κ2) is 4.80. The molecule has 0 bridgehead atoms. The third kappa shape index (κ3) is 4.84. The van der Waals surface area contributed by atoms with E-state index in [0.717, 1.165) is 11.1 Å². The first-order chi connectivity index (χ1) is 8.29. The predicted octanol–water partition coefficient (Wildman–Crippen LogP) is 3.32. The molecular weight excluding hydrogens is 240 g/mol. The molecule has 0 unspecified atom stereocenters. The minimum absolute atomic E-state index is 0.324. The van der Waals surface area contributed by atoms with Crippen molar-refractivity contribution >= 4 is 0 Å². The fraction of sp³-hybridized carbons (Fsp3) is 0.625. The number of hydrogen-bond donors (Lipinski definition) is 2. The highest BCUT2D eigenvalue weighted by atomic mass is 16.5. The van der Waals surface area contributed by atoms with Gasteiger partial charge in [-0.05, 0) is 77.8 Å². The van der Waals surface area contributed by atoms with Crippen LogP contribution < -0.4 is 4.74 Å². The summed E-state index contributed by atoms with van der Waals surface area (Å²) in [6, 6.07) is 5.45. The first-order valence-electron chi connectivity index (χ1n) is 6.59. The zero-order chi connectivity index (χ0) is 15.1. The van der Waals surface area contributed by atoms with Gasteiger partial charge < -0.3 is 14.9 Å². The van der Waals surface area contributed by atoms with E-state index in [4.69, 9.17) is 4.74 Å². The van der Waals surface area contributed by atoms with Crippen LogP contribution in [0.25, 0.3) is 0 Å². The number of ether oxygens (including phenoxy) is 1. The van der Waals surface area contributed by atoms with Gasteiger partial charge in [0.25, 0.3) is 0 Å². The highest BCUT2D eigenvalue weighted by molar-refractivity contribution is 5.39. The summed E-state index contributed by atoms with van der Waals surface area (Å²) in [5, 5.41) is 20.3. The fourth-order valence-electron chi connectivity index (χ4n) is 1.72. The third-order valence-corrected chi connectivity index (χ3v) is 2.74. The second-order valence-electron chi connectivity index (χ2n) is 7.08. The van der Waals surface area contributed by atoms with Crippen molar-refractivity contribution in [3.8, 4) is 5.75 Å². The van der Waals surface area contributed by atoms with Crippen LogP contribution in [-0.2, 0) is 11.2 Å². The molecule has 108 valence electrons. The van der Waals surface area contributed by atoms with E-state index in [1.807, 2.05) is 39.0 Å². The van der Waals surface area contributed by atoms with Gasteiger partial charge in [-0.2, -0.15) is 0 Å². The SMILES string of the molecule is CC(C)(C)Oc1cc(C(C)(C)O)cc(C(C)(C)O)c1. The number of rotatable bonds is 3. The van der Waals surface area contributed by atoms with Gasteiger partial charge in [0.2, 0.25) is 0 Å². The van der Waals surface area contributed by atoms with E-state index in [-0.39, 0.29) is 5.60 Å². The zero-order valence-corrected chi connectivity index (χ0v) is 13.0. The van der Waals surface area contributed by atoms with Crippen molar-refractivity contribution in [1.29, 1.82) is 0 Å². The molecule has 3 nitrogen and oxygen atoms in total. The van der Waals surface area contributed by atoms with Crippen LogP contribution in [0, 0.1) is 0 Å². The summed E-state index contributed by atoms with van der Waals surface area (Å²) >= 11 is 0. The van der Waals surface area contributed by atoms with Crippen LogP contribution >= 0.6 is 0 Å². The molecule has 0 amide bonds. The molecule has 19 heavy (non-hydrogen) atoms. The summed E-state index contributed by atoms with van der Waals surface area (Å²) in [5.74, 6) is 0.657. The lowest BCUT2D eigenvalue weighted by Crippen LogP contribution is -2.25. The Balaban J connectivity index is 3.33. The number of benzene rings is 1. The van der Waals surface area contributed by atoms with Crippen molar-refractivity contribution in [1.82, 2.24) is 0 Å². The van der Waals surface area contributed by atoms with Gasteiger partial charge in [-0.3, -0.25) is 0 Å². The average molecular weight is 266 g/mol. The van der Waals surface area contributed by atoms with E-state index >= 15 is 0 Å². The van der Waals surface area contributed by atoms with Gasteiger partial charge in [0.05, 0.1) is 11.2 Å². The molecule has 2 N–H and O–H groups in total. The Labute approximate surface area is 116 Å². The van der Waals surface area contributed by atoms with E-state index in [1.54, 1.807) is 27.7 Å². The van der Waals surface area contributed by atoms with Gasteiger partial charge in [0, 0.05) is 0 Å². The lowest BCUT2D eigenvalue weighted by molar-refractivity contribution is 0.0692. The van der Waals surface area contributed by atoms with Crippen molar-refractivity contribution in [3.63, 3.8) is 0 Å². The normalized spacial score (nSPS) is 13.5. The first-order valence-corrected chi connectivity index (χ1v) is 6.59. The van der Waals surface area contributed by atoms with Gasteiger partial charge in [0.15, 0.2) is 0 Å². The molecule has 3 heteroatoms. The lowest BCUT2D eigenvalue weighted by Gasteiger charge is -2.27. The molecule has 0 aliphatic heterocycles. The van der Waals surface area contributed by atoms with E-state index in [0.29, 0.717) is 5.75 Å². The Morgan fingerprint density at radius 3 is 1.37 bits per heavy atom. The highest BCUT2D eigenvalue weighted by Crippen LogP contribution is 2.32. The Hall–Kier alpha value is -1.06. The van der Waals surface area contributed by atoms with Crippen molar-refractivity contribution in [2.24, 2.45) is 0 Å². The van der Waals surface area contributed by atoms with E-state index in [2.05, 4.69) is 0 Å². The monoisotopic (exact) mass is 266 g/mol. The van der Waals surface area contributed by atoms with Gasteiger partial charge >= 0.3 is 0 Å². The van der Waals surface area contributed by atoms with E-state index < -0.39 is 11.2 Å². The molecule has 0 radical (unpaired) electrons. The van der Waals surface area contributed by atoms with Gasteiger partial charge in [-0.15, -0.1) is 0 Å². The number of hydrogen-bond acceptors (Lipinski definition) is 3. The summed E-state index contributed by atoms with van der Waals surface area (Å²) in [6.07, 6.45) is 0. The van der Waals surface area contributed by atoms with Crippen LogP contribution in [-0.4, -0.2) is 15.8 Å². The van der Waals surface area contributed by atoms with Crippen molar-refractivity contribution < 1.29 is 14.9 Å². The van der Waals surface area contributed by atoms with Crippen LogP contribution in [0.5, 0.6) is 5.75 Å². The molecule has 0 aliphatic rings.